The van der Waals surface area contributed by atoms with Gasteiger partial charge < -0.3 is 30.2 Å². The number of hydrogen-bond acceptors (Lipinski definition) is 6. The van der Waals surface area contributed by atoms with E-state index in [9.17, 15) is 9.59 Å². The highest BCUT2D eigenvalue weighted by molar-refractivity contribution is 6.35. The van der Waals surface area contributed by atoms with Gasteiger partial charge in [-0.05, 0) is 44.0 Å². The number of likely N-dealkylation sites (N-methyl/N-ethyl adjacent to an activating group) is 1. The van der Waals surface area contributed by atoms with Gasteiger partial charge in [-0.15, -0.1) is 0 Å². The number of epoxide rings is 1. The largest absolute Gasteiger partial charge is 0.495 e. The quantitative estimate of drug-likeness (QED) is 0.541. The van der Waals surface area contributed by atoms with Crippen molar-refractivity contribution < 1.29 is 23.8 Å². The van der Waals surface area contributed by atoms with Crippen LogP contribution in [0, 0.1) is 5.92 Å². The average Bonchev–Trinajstić information content (AvgIpc) is 3.50. The zero-order chi connectivity index (χ0) is 26.3. The van der Waals surface area contributed by atoms with E-state index in [0.717, 1.165) is 11.1 Å². The molecule has 2 amide bonds. The molecule has 0 aliphatic carbocycles. The Balaban J connectivity index is 1.71. The number of carbonyl (C=O) groups excluding carboxylic acids is 2. The second-order valence-electron chi connectivity index (χ2n) is 10.2. The van der Waals surface area contributed by atoms with Crippen LogP contribution in [0.5, 0.6) is 5.75 Å². The first-order chi connectivity index (χ1) is 16.9. The van der Waals surface area contributed by atoms with Gasteiger partial charge in [0.1, 0.15) is 22.5 Å². The van der Waals surface area contributed by atoms with Crippen molar-refractivity contribution in [3.63, 3.8) is 0 Å². The van der Waals surface area contributed by atoms with E-state index in [2.05, 4.69) is 5.32 Å². The van der Waals surface area contributed by atoms with Gasteiger partial charge >= 0.3 is 6.09 Å². The first kappa shape index (κ1) is 26.3. The van der Waals surface area contributed by atoms with Crippen molar-refractivity contribution in [2.75, 3.05) is 19.1 Å². The van der Waals surface area contributed by atoms with Crippen molar-refractivity contribution >= 4 is 29.3 Å². The zero-order valence-electron chi connectivity index (χ0n) is 21.3. The second kappa shape index (κ2) is 9.92. The third kappa shape index (κ3) is 5.45. The Bertz CT molecular complexity index is 1150. The molecule has 1 aromatic rings. The van der Waals surface area contributed by atoms with Gasteiger partial charge in [0.25, 0.3) is 5.91 Å². The fraction of sp³-hybridized carbons (Fsp3) is 0.481. The lowest BCUT2D eigenvalue weighted by molar-refractivity contribution is -0.113. The number of rotatable bonds is 1. The van der Waals surface area contributed by atoms with E-state index in [-0.39, 0.29) is 17.9 Å². The predicted molar refractivity (Wildman–Crippen MR) is 139 cm³/mol. The van der Waals surface area contributed by atoms with Crippen LogP contribution in [0.15, 0.2) is 48.1 Å². The fourth-order valence-electron chi connectivity index (χ4n) is 4.94. The molecule has 0 spiro atoms. The Hall–Kier alpha value is -2.81. The summed E-state index contributed by atoms with van der Waals surface area (Å²) in [6, 6.07) is 3.78. The molecule has 0 unspecified atom stereocenters. The zero-order valence-corrected chi connectivity index (χ0v) is 22.1. The highest BCUT2D eigenvalue weighted by Gasteiger charge is 2.56. The second-order valence-corrected chi connectivity index (χ2v) is 10.6. The van der Waals surface area contributed by atoms with E-state index in [4.69, 9.17) is 31.5 Å². The van der Waals surface area contributed by atoms with E-state index >= 15 is 0 Å². The van der Waals surface area contributed by atoms with Crippen molar-refractivity contribution in [3.8, 4) is 5.75 Å². The molecule has 0 saturated carbocycles. The summed E-state index contributed by atoms with van der Waals surface area (Å²) in [5.41, 5.74) is 7.59. The molecule has 3 N–H and O–H groups in total. The molecule has 5 atom stereocenters. The van der Waals surface area contributed by atoms with E-state index in [1.807, 2.05) is 51.1 Å². The number of ether oxygens (including phenoxy) is 3. The lowest BCUT2D eigenvalue weighted by Crippen LogP contribution is -2.62. The number of halogens is 1. The van der Waals surface area contributed by atoms with Gasteiger partial charge in [-0.3, -0.25) is 4.79 Å². The summed E-state index contributed by atoms with van der Waals surface area (Å²) in [5, 5.41) is 3.14. The van der Waals surface area contributed by atoms with Gasteiger partial charge in [0.05, 0.1) is 24.6 Å². The molecule has 9 heteroatoms. The summed E-state index contributed by atoms with van der Waals surface area (Å²) in [6.07, 6.45) is 9.50. The maximum Gasteiger partial charge on any atom is 0.408 e. The van der Waals surface area contributed by atoms with Gasteiger partial charge in [0.2, 0.25) is 0 Å². The van der Waals surface area contributed by atoms with Crippen molar-refractivity contribution in [1.82, 2.24) is 5.32 Å². The highest BCUT2D eigenvalue weighted by atomic mass is 35.5. The smallest absolute Gasteiger partial charge is 0.408 e. The molecule has 4 bridgehead atoms. The van der Waals surface area contributed by atoms with Crippen LogP contribution in [-0.2, 0) is 20.7 Å². The number of nitrogens with one attached hydrogen (secondary N) is 1. The molecule has 0 aromatic heterocycles. The van der Waals surface area contributed by atoms with Gasteiger partial charge in [0.15, 0.2) is 0 Å². The van der Waals surface area contributed by atoms with E-state index in [1.54, 1.807) is 20.2 Å². The number of benzene rings is 1. The van der Waals surface area contributed by atoms with Crippen LogP contribution in [0.4, 0.5) is 10.5 Å². The fourth-order valence-corrected chi connectivity index (χ4v) is 5.25. The standard InChI is InChI=1S/C27H34ClN3O5/c1-16-8-6-7-10-27(29)15-21(35-25(33)30-27)17(2)24-26(3,36-24)11-9-22(32)31(4)19-13-18(12-16)14-20(34-5)23(19)28/h6-9,11,13-14,17,21,24H,10,12,15,29H2,1-5H3,(H,30,33)/b7-6+,11-9+,16-8+/t17-,21+,24+,26+,27+/m1/s1. The van der Waals surface area contributed by atoms with Gasteiger partial charge in [0, 0.05) is 31.9 Å². The molecular weight excluding hydrogens is 482 g/mol. The molecule has 8 nitrogen and oxygen atoms in total. The Morgan fingerprint density at radius 2 is 2.06 bits per heavy atom. The molecule has 36 heavy (non-hydrogen) atoms. The minimum Gasteiger partial charge on any atom is -0.495 e. The summed E-state index contributed by atoms with van der Waals surface area (Å²) < 4.78 is 17.0. The van der Waals surface area contributed by atoms with E-state index in [1.165, 1.54) is 11.0 Å². The van der Waals surface area contributed by atoms with E-state index < -0.39 is 23.5 Å². The van der Waals surface area contributed by atoms with Crippen LogP contribution in [0.3, 0.4) is 0 Å². The number of methoxy groups -OCH3 is 1. The summed E-state index contributed by atoms with van der Waals surface area (Å²) >= 11 is 6.58. The van der Waals surface area contributed by atoms with Crippen molar-refractivity contribution in [1.29, 1.82) is 0 Å². The lowest BCUT2D eigenvalue weighted by atomic mass is 9.85. The van der Waals surface area contributed by atoms with Crippen LogP contribution >= 0.6 is 11.6 Å². The maximum atomic E-state index is 13.1. The molecule has 3 heterocycles. The normalized spacial score (nSPS) is 36.0. The molecule has 3 aliphatic heterocycles. The molecule has 3 aliphatic rings. The predicted octanol–water partition coefficient (Wildman–Crippen LogP) is 4.26. The van der Waals surface area contributed by atoms with Gasteiger partial charge in [-0.2, -0.15) is 0 Å². The molecule has 1 aromatic carbocycles. The SMILES string of the molecule is COc1cc2cc(c1Cl)N(C)C(=O)/C=C/[C@]1(C)O[C@H]1[C@H](C)[C@@H]1C[C@](N)(C/C=C/C=C(\C)C2)NC(=O)O1. The van der Waals surface area contributed by atoms with Crippen molar-refractivity contribution in [3.05, 3.63) is 58.7 Å². The molecule has 2 fully saturated rings. The van der Waals surface area contributed by atoms with Gasteiger partial charge in [-0.1, -0.05) is 42.3 Å². The monoisotopic (exact) mass is 515 g/mol. The van der Waals surface area contributed by atoms with Gasteiger partial charge in [-0.25, -0.2) is 4.79 Å². The molecule has 194 valence electrons. The molecule has 2 saturated heterocycles. The number of allylic oxidation sites excluding steroid dienone is 3. The third-order valence-corrected chi connectivity index (χ3v) is 7.54. The lowest BCUT2D eigenvalue weighted by Gasteiger charge is -2.39. The minimum absolute atomic E-state index is 0.120. The Morgan fingerprint density at radius 1 is 1.31 bits per heavy atom. The summed E-state index contributed by atoms with van der Waals surface area (Å²) in [7, 11) is 3.23. The summed E-state index contributed by atoms with van der Waals surface area (Å²) in [6.45, 7) is 5.90. The van der Waals surface area contributed by atoms with Crippen molar-refractivity contribution in [2.24, 2.45) is 11.7 Å². The number of hydrogen-bond donors (Lipinski definition) is 2. The minimum atomic E-state index is -0.923. The summed E-state index contributed by atoms with van der Waals surface area (Å²) in [5.74, 6) is 0.133. The topological polar surface area (TPSA) is 106 Å². The Labute approximate surface area is 217 Å². The number of amides is 2. The van der Waals surface area contributed by atoms with Crippen LogP contribution < -0.4 is 20.7 Å². The molecule has 4 rings (SSSR count). The number of alkyl carbamates (subject to hydrolysis) is 1. The van der Waals surface area contributed by atoms with Crippen LogP contribution in [0.2, 0.25) is 5.02 Å². The number of carbonyl (C=O) groups is 2. The average molecular weight is 516 g/mol. The number of nitrogens with zero attached hydrogens (tertiary/aromatic N) is 1. The van der Waals surface area contributed by atoms with Crippen LogP contribution in [0.1, 0.15) is 39.2 Å². The number of anilines is 1. The Kier molecular flexibility index (Phi) is 7.23. The number of nitrogens with two attached hydrogens (primary N) is 1. The van der Waals surface area contributed by atoms with Crippen LogP contribution in [-0.4, -0.2) is 49.6 Å². The first-order valence-electron chi connectivity index (χ1n) is 12.1. The molecular formula is C27H34ClN3O5. The highest BCUT2D eigenvalue weighted by Crippen LogP contribution is 2.45. The number of fused-ring (bicyclic) bond motifs is 5. The summed E-state index contributed by atoms with van der Waals surface area (Å²) in [4.78, 5) is 26.9. The van der Waals surface area contributed by atoms with Crippen LogP contribution in [0.25, 0.3) is 0 Å². The molecule has 0 radical (unpaired) electrons. The Morgan fingerprint density at radius 3 is 2.78 bits per heavy atom. The van der Waals surface area contributed by atoms with Crippen molar-refractivity contribution in [2.45, 2.75) is 63.5 Å². The third-order valence-electron chi connectivity index (χ3n) is 7.16. The first-order valence-corrected chi connectivity index (χ1v) is 12.4. The van der Waals surface area contributed by atoms with E-state index in [0.29, 0.717) is 35.7 Å². The maximum absolute atomic E-state index is 13.1.